The van der Waals surface area contributed by atoms with Gasteiger partial charge in [0.1, 0.15) is 11.6 Å². The summed E-state index contributed by atoms with van der Waals surface area (Å²) in [7, 11) is 0. The Morgan fingerprint density at radius 3 is 2.47 bits per heavy atom. The molecule has 0 amide bonds. The number of hydrogen-bond acceptors (Lipinski definition) is 5. The van der Waals surface area contributed by atoms with Gasteiger partial charge in [-0.3, -0.25) is 9.00 Å². The zero-order valence-electron chi connectivity index (χ0n) is 17.4. The molecular formula is C25H20FO5S-. The fourth-order valence-electron chi connectivity index (χ4n) is 4.30. The van der Waals surface area contributed by atoms with E-state index in [-0.39, 0.29) is 23.9 Å². The molecule has 3 aromatic rings. The number of halogens is 1. The maximum atomic E-state index is 14.8. The number of fused-ring (bicyclic) bond motifs is 1. The largest absolute Gasteiger partial charge is 0.768 e. The first-order chi connectivity index (χ1) is 15.4. The summed E-state index contributed by atoms with van der Waals surface area (Å²) >= 11 is -2.31. The first-order valence-electron chi connectivity index (χ1n) is 10.3. The first-order valence-corrected chi connectivity index (χ1v) is 11.4. The second-order valence-electron chi connectivity index (χ2n) is 8.27. The Morgan fingerprint density at radius 2 is 1.78 bits per heavy atom. The van der Waals surface area contributed by atoms with Crippen molar-refractivity contribution in [2.45, 2.75) is 36.5 Å². The highest BCUT2D eigenvalue weighted by molar-refractivity contribution is 7.79. The molecule has 0 radical (unpaired) electrons. The smallest absolute Gasteiger partial charge is 0.231 e. The summed E-state index contributed by atoms with van der Waals surface area (Å²) < 4.78 is 47.8. The number of ketones is 1. The summed E-state index contributed by atoms with van der Waals surface area (Å²) in [6.07, 6.45) is 1.43. The van der Waals surface area contributed by atoms with Gasteiger partial charge >= 0.3 is 0 Å². The van der Waals surface area contributed by atoms with Crippen molar-refractivity contribution in [3.63, 3.8) is 0 Å². The van der Waals surface area contributed by atoms with E-state index in [1.165, 1.54) is 18.2 Å². The lowest BCUT2D eigenvalue weighted by Crippen LogP contribution is -2.23. The maximum absolute atomic E-state index is 14.8. The van der Waals surface area contributed by atoms with Crippen molar-refractivity contribution >= 4 is 16.9 Å². The molecule has 5 rings (SSSR count). The summed E-state index contributed by atoms with van der Waals surface area (Å²) in [5, 5.41) is 0. The van der Waals surface area contributed by atoms with Crippen molar-refractivity contribution in [2.24, 2.45) is 0 Å². The van der Waals surface area contributed by atoms with E-state index < -0.39 is 22.3 Å². The van der Waals surface area contributed by atoms with Gasteiger partial charge in [-0.15, -0.1) is 0 Å². The Morgan fingerprint density at radius 1 is 1.06 bits per heavy atom. The summed E-state index contributed by atoms with van der Waals surface area (Å²) in [5.41, 5.74) is 2.84. The highest BCUT2D eigenvalue weighted by Crippen LogP contribution is 2.51. The number of benzene rings is 3. The van der Waals surface area contributed by atoms with Crippen LogP contribution in [0.15, 0.2) is 59.5 Å². The van der Waals surface area contributed by atoms with Gasteiger partial charge in [0.15, 0.2) is 11.5 Å². The Balaban J connectivity index is 1.43. The molecule has 1 saturated carbocycles. The van der Waals surface area contributed by atoms with E-state index in [9.17, 15) is 17.9 Å². The molecule has 0 aromatic heterocycles. The fourth-order valence-corrected chi connectivity index (χ4v) is 4.66. The number of aryl methyl sites for hydroxylation is 1. The molecule has 1 aliphatic carbocycles. The molecule has 1 heterocycles. The number of ether oxygens (including phenoxy) is 2. The third kappa shape index (κ3) is 3.61. The van der Waals surface area contributed by atoms with Crippen molar-refractivity contribution < 1.29 is 27.4 Å². The lowest BCUT2D eigenvalue weighted by molar-refractivity contribution is -0.120. The van der Waals surface area contributed by atoms with Gasteiger partial charge in [0.2, 0.25) is 6.79 Å². The van der Waals surface area contributed by atoms with Crippen LogP contribution in [0.4, 0.5) is 4.39 Å². The lowest BCUT2D eigenvalue weighted by Gasteiger charge is -2.17. The van der Waals surface area contributed by atoms with E-state index in [2.05, 4.69) is 0 Å². The van der Waals surface area contributed by atoms with Crippen LogP contribution >= 0.6 is 0 Å². The van der Waals surface area contributed by atoms with Crippen LogP contribution in [0.2, 0.25) is 0 Å². The van der Waals surface area contributed by atoms with Crippen LogP contribution in [0.5, 0.6) is 11.5 Å². The molecule has 2 aliphatic rings. The molecule has 0 spiro atoms. The average molecular weight is 451 g/mol. The second kappa shape index (κ2) is 7.83. The zero-order chi connectivity index (χ0) is 22.5. The van der Waals surface area contributed by atoms with E-state index >= 15 is 0 Å². The Labute approximate surface area is 187 Å². The molecule has 5 nitrogen and oxygen atoms in total. The van der Waals surface area contributed by atoms with Crippen LogP contribution in [0.25, 0.3) is 11.1 Å². The van der Waals surface area contributed by atoms with Gasteiger partial charge < -0.3 is 14.0 Å². The van der Waals surface area contributed by atoms with Crippen LogP contribution in [-0.2, 0) is 27.7 Å². The standard InChI is InChI=1S/C25H21FO5S/c1-15-10-21(26)17(11-20(15)16-2-5-19(6-3-16)32(28)29)12-24(27)25(8-9-25)18-4-7-22-23(13-18)31-14-30-22/h2-7,10-11,13H,8-9,12,14H2,1H3,(H,28,29)/p-1. The van der Waals surface area contributed by atoms with Gasteiger partial charge in [0, 0.05) is 11.3 Å². The lowest BCUT2D eigenvalue weighted by atomic mass is 9.86. The molecule has 0 N–H and O–H groups in total. The second-order valence-corrected chi connectivity index (χ2v) is 9.21. The van der Waals surface area contributed by atoms with Crippen LogP contribution in [0, 0.1) is 12.7 Å². The molecule has 32 heavy (non-hydrogen) atoms. The van der Waals surface area contributed by atoms with Gasteiger partial charge in [-0.05, 0) is 95.1 Å². The minimum atomic E-state index is -2.31. The van der Waals surface area contributed by atoms with Crippen LogP contribution in [-0.4, -0.2) is 21.3 Å². The maximum Gasteiger partial charge on any atom is 0.231 e. The summed E-state index contributed by atoms with van der Waals surface area (Å²) in [6, 6.07) is 15.1. The normalized spacial score (nSPS) is 16.6. The Hall–Kier alpha value is -3.03. The zero-order valence-corrected chi connectivity index (χ0v) is 18.2. The third-order valence-corrected chi connectivity index (χ3v) is 6.97. The van der Waals surface area contributed by atoms with Crippen LogP contribution in [0.1, 0.15) is 29.5 Å². The highest BCUT2D eigenvalue weighted by Gasteiger charge is 2.51. The predicted molar refractivity (Wildman–Crippen MR) is 116 cm³/mol. The number of rotatable bonds is 6. The quantitative estimate of drug-likeness (QED) is 0.512. The molecule has 164 valence electrons. The van der Waals surface area contributed by atoms with Gasteiger partial charge in [-0.1, -0.05) is 18.2 Å². The molecule has 1 unspecified atom stereocenters. The van der Waals surface area contributed by atoms with Crippen molar-refractivity contribution in [1.29, 1.82) is 0 Å². The molecule has 3 aromatic carbocycles. The van der Waals surface area contributed by atoms with E-state index in [1.807, 2.05) is 18.2 Å². The molecule has 0 bridgehead atoms. The molecule has 0 saturated heterocycles. The highest BCUT2D eigenvalue weighted by atomic mass is 32.2. The molecule has 1 atom stereocenters. The van der Waals surface area contributed by atoms with E-state index in [4.69, 9.17) is 9.47 Å². The van der Waals surface area contributed by atoms with E-state index in [0.29, 0.717) is 22.6 Å². The Kier molecular flexibility index (Phi) is 5.10. The van der Waals surface area contributed by atoms with Gasteiger partial charge in [-0.2, -0.15) is 0 Å². The molecular weight excluding hydrogens is 431 g/mol. The van der Waals surface area contributed by atoms with Crippen molar-refractivity contribution in [1.82, 2.24) is 0 Å². The van der Waals surface area contributed by atoms with Crippen molar-refractivity contribution in [3.8, 4) is 22.6 Å². The first kappa shape index (κ1) is 20.8. The summed E-state index contributed by atoms with van der Waals surface area (Å²) in [4.78, 5) is 13.5. The molecule has 7 heteroatoms. The van der Waals surface area contributed by atoms with Gasteiger partial charge in [0.05, 0.1) is 5.41 Å². The van der Waals surface area contributed by atoms with E-state index in [1.54, 1.807) is 25.1 Å². The minimum Gasteiger partial charge on any atom is -0.768 e. The van der Waals surface area contributed by atoms with Crippen molar-refractivity contribution in [3.05, 3.63) is 77.1 Å². The Bertz CT molecular complexity index is 1250. The SMILES string of the molecule is Cc1cc(F)c(CC(=O)C2(c3ccc4c(c3)OCO4)CC2)cc1-c1ccc(S(=O)[O-])cc1. The topological polar surface area (TPSA) is 75.7 Å². The van der Waals surface area contributed by atoms with Crippen LogP contribution < -0.4 is 9.47 Å². The monoisotopic (exact) mass is 451 g/mol. The number of carbonyl (C=O) groups excluding carboxylic acids is 1. The number of hydrogen-bond donors (Lipinski definition) is 0. The molecule has 1 aliphatic heterocycles. The molecule has 1 fully saturated rings. The number of carbonyl (C=O) groups is 1. The van der Waals surface area contributed by atoms with Crippen molar-refractivity contribution in [2.75, 3.05) is 6.79 Å². The fraction of sp³-hybridized carbons (Fsp3) is 0.240. The minimum absolute atomic E-state index is 0.0176. The van der Waals surface area contributed by atoms with Gasteiger partial charge in [-0.25, -0.2) is 4.39 Å². The van der Waals surface area contributed by atoms with Crippen LogP contribution in [0.3, 0.4) is 0 Å². The predicted octanol–water partition coefficient (Wildman–Crippen LogP) is 4.61. The summed E-state index contributed by atoms with van der Waals surface area (Å²) in [5.74, 6) is 0.853. The average Bonchev–Trinajstić information content (AvgIpc) is 3.46. The third-order valence-electron chi connectivity index (χ3n) is 6.31. The van der Waals surface area contributed by atoms with Gasteiger partial charge in [0.25, 0.3) is 0 Å². The van der Waals surface area contributed by atoms with E-state index in [0.717, 1.165) is 29.5 Å². The summed E-state index contributed by atoms with van der Waals surface area (Å²) in [6.45, 7) is 1.96. The number of Topliss-reactive ketones (excluding diaryl/α,β-unsaturated/α-hetero) is 1.